The SMILES string of the molecule is CCOC(=O)[C@@H](O)[C@@H](C)c1cccnc1. The van der Waals surface area contributed by atoms with E-state index in [9.17, 15) is 9.90 Å². The summed E-state index contributed by atoms with van der Waals surface area (Å²) in [6.45, 7) is 3.74. The molecule has 0 aromatic carbocycles. The molecule has 1 rings (SSSR count). The lowest BCUT2D eigenvalue weighted by Crippen LogP contribution is -2.28. The number of aromatic nitrogens is 1. The summed E-state index contributed by atoms with van der Waals surface area (Å²) in [4.78, 5) is 15.2. The molecule has 4 heteroatoms. The number of nitrogens with zero attached hydrogens (tertiary/aromatic N) is 1. The smallest absolute Gasteiger partial charge is 0.335 e. The van der Waals surface area contributed by atoms with Gasteiger partial charge in [0.1, 0.15) is 0 Å². The van der Waals surface area contributed by atoms with Crippen LogP contribution in [0, 0.1) is 0 Å². The molecule has 1 aromatic heterocycles. The van der Waals surface area contributed by atoms with Gasteiger partial charge in [0.2, 0.25) is 0 Å². The molecule has 0 saturated carbocycles. The molecule has 1 heterocycles. The minimum atomic E-state index is -1.13. The fourth-order valence-electron chi connectivity index (χ4n) is 1.26. The lowest BCUT2D eigenvalue weighted by molar-refractivity contribution is -0.154. The molecule has 1 N–H and O–H groups in total. The molecule has 0 aliphatic carbocycles. The van der Waals surface area contributed by atoms with Gasteiger partial charge in [-0.25, -0.2) is 4.79 Å². The second-order valence-corrected chi connectivity index (χ2v) is 3.27. The van der Waals surface area contributed by atoms with Crippen molar-refractivity contribution in [2.75, 3.05) is 6.61 Å². The number of esters is 1. The number of aliphatic hydroxyl groups excluding tert-OH is 1. The van der Waals surface area contributed by atoms with Gasteiger partial charge in [-0.15, -0.1) is 0 Å². The van der Waals surface area contributed by atoms with Crippen molar-refractivity contribution >= 4 is 5.97 Å². The number of ether oxygens (including phenoxy) is 1. The van der Waals surface area contributed by atoms with Crippen LogP contribution in [0.5, 0.6) is 0 Å². The summed E-state index contributed by atoms with van der Waals surface area (Å²) >= 11 is 0. The number of aliphatic hydroxyl groups is 1. The summed E-state index contributed by atoms with van der Waals surface area (Å²) in [5.74, 6) is -0.897. The maximum atomic E-state index is 11.3. The molecule has 1 aromatic rings. The van der Waals surface area contributed by atoms with Crippen LogP contribution in [0.25, 0.3) is 0 Å². The minimum Gasteiger partial charge on any atom is -0.464 e. The molecule has 0 bridgehead atoms. The Morgan fingerprint density at radius 2 is 2.40 bits per heavy atom. The van der Waals surface area contributed by atoms with Gasteiger partial charge in [0.25, 0.3) is 0 Å². The lowest BCUT2D eigenvalue weighted by atomic mass is 9.97. The summed E-state index contributed by atoms with van der Waals surface area (Å²) in [6, 6.07) is 3.59. The van der Waals surface area contributed by atoms with Gasteiger partial charge in [-0.1, -0.05) is 13.0 Å². The third kappa shape index (κ3) is 3.02. The van der Waals surface area contributed by atoms with E-state index in [2.05, 4.69) is 4.98 Å². The first-order valence-corrected chi connectivity index (χ1v) is 4.91. The van der Waals surface area contributed by atoms with Gasteiger partial charge >= 0.3 is 5.97 Å². The van der Waals surface area contributed by atoms with Crippen LogP contribution in [0.2, 0.25) is 0 Å². The van der Waals surface area contributed by atoms with E-state index in [-0.39, 0.29) is 12.5 Å². The fraction of sp³-hybridized carbons (Fsp3) is 0.455. The van der Waals surface area contributed by atoms with Crippen LogP contribution < -0.4 is 0 Å². The van der Waals surface area contributed by atoms with E-state index in [0.717, 1.165) is 5.56 Å². The summed E-state index contributed by atoms with van der Waals surface area (Å²) in [6.07, 6.45) is 2.15. The van der Waals surface area contributed by atoms with Crippen LogP contribution in [0.15, 0.2) is 24.5 Å². The topological polar surface area (TPSA) is 59.4 Å². The average Bonchev–Trinajstić information content (AvgIpc) is 2.28. The van der Waals surface area contributed by atoms with Gasteiger partial charge < -0.3 is 9.84 Å². The zero-order valence-electron chi connectivity index (χ0n) is 8.88. The molecule has 0 unspecified atom stereocenters. The maximum absolute atomic E-state index is 11.3. The minimum absolute atomic E-state index is 0.273. The van der Waals surface area contributed by atoms with Gasteiger partial charge in [-0.3, -0.25) is 4.98 Å². The summed E-state index contributed by atoms with van der Waals surface area (Å²) < 4.78 is 4.74. The number of pyridine rings is 1. The normalized spacial score (nSPS) is 14.3. The molecule has 15 heavy (non-hydrogen) atoms. The number of carbonyl (C=O) groups is 1. The van der Waals surface area contributed by atoms with Gasteiger partial charge in [0.05, 0.1) is 6.61 Å². The maximum Gasteiger partial charge on any atom is 0.335 e. The molecule has 4 nitrogen and oxygen atoms in total. The van der Waals surface area contributed by atoms with Crippen molar-refractivity contribution in [1.82, 2.24) is 4.98 Å². The van der Waals surface area contributed by atoms with Crippen molar-refractivity contribution in [3.05, 3.63) is 30.1 Å². The van der Waals surface area contributed by atoms with Crippen molar-refractivity contribution in [3.8, 4) is 0 Å². The Morgan fingerprint density at radius 1 is 1.67 bits per heavy atom. The zero-order chi connectivity index (χ0) is 11.3. The molecule has 82 valence electrons. The van der Waals surface area contributed by atoms with E-state index < -0.39 is 12.1 Å². The average molecular weight is 209 g/mol. The van der Waals surface area contributed by atoms with Crippen molar-refractivity contribution in [1.29, 1.82) is 0 Å². The molecule has 0 aliphatic rings. The highest BCUT2D eigenvalue weighted by molar-refractivity contribution is 5.75. The van der Waals surface area contributed by atoms with Crippen molar-refractivity contribution in [3.63, 3.8) is 0 Å². The van der Waals surface area contributed by atoms with Gasteiger partial charge in [-0.05, 0) is 18.6 Å². The Hall–Kier alpha value is -1.42. The fourth-order valence-corrected chi connectivity index (χ4v) is 1.26. The largest absolute Gasteiger partial charge is 0.464 e. The lowest BCUT2D eigenvalue weighted by Gasteiger charge is -2.16. The number of hydrogen-bond donors (Lipinski definition) is 1. The highest BCUT2D eigenvalue weighted by atomic mass is 16.5. The quantitative estimate of drug-likeness (QED) is 0.754. The highest BCUT2D eigenvalue weighted by Crippen LogP contribution is 2.18. The van der Waals surface area contributed by atoms with Crippen molar-refractivity contribution in [2.24, 2.45) is 0 Å². The highest BCUT2D eigenvalue weighted by Gasteiger charge is 2.24. The van der Waals surface area contributed by atoms with E-state index in [4.69, 9.17) is 4.74 Å². The molecule has 0 amide bonds. The van der Waals surface area contributed by atoms with Crippen LogP contribution >= 0.6 is 0 Å². The van der Waals surface area contributed by atoms with Crippen LogP contribution in [0.3, 0.4) is 0 Å². The molecule has 2 atom stereocenters. The van der Waals surface area contributed by atoms with Gasteiger partial charge in [0.15, 0.2) is 6.10 Å². The third-order valence-electron chi connectivity index (χ3n) is 2.21. The number of hydrogen-bond acceptors (Lipinski definition) is 4. The molecule has 0 saturated heterocycles. The Labute approximate surface area is 88.9 Å². The van der Waals surface area contributed by atoms with E-state index in [1.165, 1.54) is 0 Å². The third-order valence-corrected chi connectivity index (χ3v) is 2.21. The first-order chi connectivity index (χ1) is 7.16. The monoisotopic (exact) mass is 209 g/mol. The van der Waals surface area contributed by atoms with Gasteiger partial charge in [-0.2, -0.15) is 0 Å². The summed E-state index contributed by atoms with van der Waals surface area (Å²) in [5, 5.41) is 9.67. The van der Waals surface area contributed by atoms with Crippen molar-refractivity contribution in [2.45, 2.75) is 25.9 Å². The first-order valence-electron chi connectivity index (χ1n) is 4.91. The Bertz CT molecular complexity index is 313. The van der Waals surface area contributed by atoms with Crippen LogP contribution in [-0.4, -0.2) is 28.8 Å². The molecule has 0 spiro atoms. The molecule has 0 aliphatic heterocycles. The second kappa shape index (κ2) is 5.46. The second-order valence-electron chi connectivity index (χ2n) is 3.27. The summed E-state index contributed by atoms with van der Waals surface area (Å²) in [5.41, 5.74) is 0.818. The number of rotatable bonds is 4. The Morgan fingerprint density at radius 3 is 2.93 bits per heavy atom. The first kappa shape index (κ1) is 11.7. The van der Waals surface area contributed by atoms with E-state index in [0.29, 0.717) is 0 Å². The van der Waals surface area contributed by atoms with E-state index in [1.54, 1.807) is 32.3 Å². The predicted octanol–water partition coefficient (Wildman–Crippen LogP) is 1.11. The van der Waals surface area contributed by atoms with Crippen LogP contribution in [-0.2, 0) is 9.53 Å². The van der Waals surface area contributed by atoms with E-state index in [1.807, 2.05) is 6.07 Å². The van der Waals surface area contributed by atoms with Crippen molar-refractivity contribution < 1.29 is 14.6 Å². The van der Waals surface area contributed by atoms with Crippen LogP contribution in [0.1, 0.15) is 25.3 Å². The molecule has 0 fully saturated rings. The molecular weight excluding hydrogens is 194 g/mol. The standard InChI is InChI=1S/C11H15NO3/c1-3-15-11(14)10(13)8(2)9-5-4-6-12-7-9/h4-8,10,13H,3H2,1-2H3/t8-,10-/m0/s1. The summed E-state index contributed by atoms with van der Waals surface area (Å²) in [7, 11) is 0. The van der Waals surface area contributed by atoms with E-state index >= 15 is 0 Å². The Balaban J connectivity index is 2.68. The molecular formula is C11H15NO3. The number of carbonyl (C=O) groups excluding carboxylic acids is 1. The van der Waals surface area contributed by atoms with Gasteiger partial charge in [0, 0.05) is 18.3 Å². The van der Waals surface area contributed by atoms with Crippen LogP contribution in [0.4, 0.5) is 0 Å². The predicted molar refractivity (Wildman–Crippen MR) is 55.3 cm³/mol. The zero-order valence-corrected chi connectivity index (χ0v) is 8.88. The molecule has 0 radical (unpaired) electrons. The Kier molecular flexibility index (Phi) is 4.24.